The largest absolute Gasteiger partial charge is 0.307 e. The number of hydrogen-bond acceptors (Lipinski definition) is 3. The lowest BCUT2D eigenvalue weighted by Crippen LogP contribution is -2.20. The van der Waals surface area contributed by atoms with Crippen molar-refractivity contribution in [1.29, 1.82) is 0 Å². The zero-order valence-electron chi connectivity index (χ0n) is 27.2. The van der Waals surface area contributed by atoms with Crippen LogP contribution in [-0.2, 0) is 0 Å². The summed E-state index contributed by atoms with van der Waals surface area (Å²) in [6.45, 7) is 0. The van der Waals surface area contributed by atoms with E-state index < -0.39 is 0 Å². The number of benzene rings is 7. The average Bonchev–Trinajstić information content (AvgIpc) is 3.72. The summed E-state index contributed by atoms with van der Waals surface area (Å²) in [6, 6.07) is 54.3. The first kappa shape index (κ1) is 27.9. The Morgan fingerprint density at radius 3 is 1.76 bits per heavy atom. The quantitative estimate of drug-likeness (QED) is 0.178. The van der Waals surface area contributed by atoms with Gasteiger partial charge < -0.3 is 4.57 Å². The van der Waals surface area contributed by atoms with Gasteiger partial charge in [-0.15, -0.1) is 0 Å². The van der Waals surface area contributed by atoms with E-state index in [0.29, 0.717) is 16.9 Å². The van der Waals surface area contributed by atoms with Crippen molar-refractivity contribution in [3.05, 3.63) is 174 Å². The van der Waals surface area contributed by atoms with Gasteiger partial charge in [0, 0.05) is 44.5 Å². The van der Waals surface area contributed by atoms with Gasteiger partial charge in [-0.25, -0.2) is 9.97 Å². The molecule has 0 fully saturated rings. The van der Waals surface area contributed by atoms with Gasteiger partial charge in [0.05, 0.1) is 38.5 Å². The number of fused-ring (bicyclic) bond motifs is 12. The van der Waals surface area contributed by atoms with Gasteiger partial charge in [0.25, 0.3) is 5.56 Å². The summed E-state index contributed by atoms with van der Waals surface area (Å²) in [5, 5.41) is 8.33. The second-order valence-corrected chi connectivity index (χ2v) is 13.0. The van der Waals surface area contributed by atoms with Gasteiger partial charge >= 0.3 is 0 Å². The maximum absolute atomic E-state index is 14.2. The molecule has 6 nitrogen and oxygen atoms in total. The first-order chi connectivity index (χ1) is 25.3. The number of rotatable bonds is 3. The van der Waals surface area contributed by atoms with Crippen LogP contribution in [0.4, 0.5) is 0 Å². The Bertz CT molecular complexity index is 3270. The minimum atomic E-state index is -0.151. The lowest BCUT2D eigenvalue weighted by molar-refractivity contribution is 1.000. The van der Waals surface area contributed by atoms with Crippen LogP contribution in [-0.4, -0.2) is 23.7 Å². The molecule has 0 radical (unpaired) electrons. The summed E-state index contributed by atoms with van der Waals surface area (Å²) >= 11 is 0. The van der Waals surface area contributed by atoms with Crippen molar-refractivity contribution in [3.63, 3.8) is 0 Å². The number of aromatic nitrogens is 5. The van der Waals surface area contributed by atoms with E-state index in [9.17, 15) is 4.79 Å². The molecule has 11 rings (SSSR count). The van der Waals surface area contributed by atoms with Crippen molar-refractivity contribution in [1.82, 2.24) is 23.7 Å². The number of pyridine rings is 1. The number of hydrogen-bond donors (Lipinski definition) is 0. The summed E-state index contributed by atoms with van der Waals surface area (Å²) in [7, 11) is 0. The molecule has 6 heteroatoms. The Morgan fingerprint density at radius 1 is 0.412 bits per heavy atom. The molecule has 0 saturated carbocycles. The number of para-hydroxylation sites is 4. The molecule has 7 aromatic carbocycles. The van der Waals surface area contributed by atoms with Crippen LogP contribution < -0.4 is 5.56 Å². The highest BCUT2D eigenvalue weighted by atomic mass is 16.1. The molecule has 51 heavy (non-hydrogen) atoms. The van der Waals surface area contributed by atoms with Crippen LogP contribution in [0.2, 0.25) is 0 Å². The zero-order chi connectivity index (χ0) is 33.6. The van der Waals surface area contributed by atoms with Crippen LogP contribution in [0.25, 0.3) is 93.5 Å². The predicted molar refractivity (Wildman–Crippen MR) is 209 cm³/mol. The maximum Gasteiger partial charge on any atom is 0.266 e. The standard InChI is InChI=1S/C45H27N5O/c51-44-36-27-46-45(47-41(36)34-20-10-12-22-38(34)49(44)30-16-5-2-6-17-30)50-37-21-11-9-19-32(37)33-24-25-35-40-31-18-8-7-13-28(31)23-26-39(40)48(43(35)42(33)50)29-14-3-1-4-15-29/h1-27H. The molecule has 11 aromatic rings. The van der Waals surface area contributed by atoms with E-state index in [4.69, 9.17) is 9.97 Å². The number of nitrogens with zero attached hydrogens (tertiary/aromatic N) is 5. The molecule has 0 amide bonds. The van der Waals surface area contributed by atoms with Gasteiger partial charge in [-0.1, -0.05) is 115 Å². The van der Waals surface area contributed by atoms with E-state index in [2.05, 4.69) is 112 Å². The maximum atomic E-state index is 14.2. The van der Waals surface area contributed by atoms with Crippen molar-refractivity contribution in [2.24, 2.45) is 0 Å². The fourth-order valence-electron chi connectivity index (χ4n) is 8.15. The highest BCUT2D eigenvalue weighted by Crippen LogP contribution is 2.43. The molecule has 0 N–H and O–H groups in total. The monoisotopic (exact) mass is 653 g/mol. The molecule has 0 spiro atoms. The van der Waals surface area contributed by atoms with Crippen molar-refractivity contribution in [2.75, 3.05) is 0 Å². The lowest BCUT2D eigenvalue weighted by Gasteiger charge is -2.14. The summed E-state index contributed by atoms with van der Waals surface area (Å²) in [5.74, 6) is 0.512. The SMILES string of the molecule is O=c1c2cnc(-n3c4ccccc4c4ccc5c6c7ccccc7ccc6n(-c6ccccc6)c5c43)nc2c2ccccc2n1-c1ccccc1. The fraction of sp³-hybridized carbons (Fsp3) is 0. The Balaban J connectivity index is 1.32. The molecule has 0 aliphatic heterocycles. The third-order valence-corrected chi connectivity index (χ3v) is 10.3. The molecule has 0 saturated heterocycles. The summed E-state index contributed by atoms with van der Waals surface area (Å²) in [6.07, 6.45) is 1.70. The van der Waals surface area contributed by atoms with Gasteiger partial charge in [0.1, 0.15) is 0 Å². The molecule has 0 atom stereocenters. The second-order valence-electron chi connectivity index (χ2n) is 13.0. The molecule has 0 bridgehead atoms. The van der Waals surface area contributed by atoms with Gasteiger partial charge in [0.2, 0.25) is 5.95 Å². The first-order valence-electron chi connectivity index (χ1n) is 17.1. The van der Waals surface area contributed by atoms with Crippen LogP contribution in [0.3, 0.4) is 0 Å². The lowest BCUT2D eigenvalue weighted by atomic mass is 10.0. The molecule has 0 aliphatic rings. The normalized spacial score (nSPS) is 12.0. The van der Waals surface area contributed by atoms with Crippen molar-refractivity contribution < 1.29 is 0 Å². The molecule has 4 aromatic heterocycles. The van der Waals surface area contributed by atoms with Gasteiger partial charge in [-0.05, 0) is 53.2 Å². The van der Waals surface area contributed by atoms with Crippen molar-refractivity contribution in [2.45, 2.75) is 0 Å². The zero-order valence-corrected chi connectivity index (χ0v) is 27.2. The molecule has 0 unspecified atom stereocenters. The minimum absolute atomic E-state index is 0.151. The topological polar surface area (TPSA) is 57.6 Å². The van der Waals surface area contributed by atoms with E-state index in [1.807, 2.05) is 54.6 Å². The predicted octanol–water partition coefficient (Wildman–Crippen LogP) is 10.3. The van der Waals surface area contributed by atoms with Gasteiger partial charge in [0.15, 0.2) is 0 Å². The molecule has 4 heterocycles. The summed E-state index contributed by atoms with van der Waals surface area (Å²) in [4.78, 5) is 24.5. The van der Waals surface area contributed by atoms with Gasteiger partial charge in [-0.2, -0.15) is 0 Å². The summed E-state index contributed by atoms with van der Waals surface area (Å²) < 4.78 is 6.32. The van der Waals surface area contributed by atoms with E-state index in [0.717, 1.165) is 60.5 Å². The van der Waals surface area contributed by atoms with Crippen LogP contribution in [0.5, 0.6) is 0 Å². The minimum Gasteiger partial charge on any atom is -0.307 e. The van der Waals surface area contributed by atoms with Crippen LogP contribution in [0.15, 0.2) is 169 Å². The molecule has 238 valence electrons. The highest BCUT2D eigenvalue weighted by molar-refractivity contribution is 6.28. The molecular formula is C45H27N5O. The second kappa shape index (κ2) is 10.5. The highest BCUT2D eigenvalue weighted by Gasteiger charge is 2.24. The fourth-order valence-corrected chi connectivity index (χ4v) is 8.15. The van der Waals surface area contributed by atoms with Gasteiger partial charge in [-0.3, -0.25) is 13.9 Å². The Morgan fingerprint density at radius 2 is 1.00 bits per heavy atom. The van der Waals surface area contributed by atoms with Crippen LogP contribution in [0.1, 0.15) is 0 Å². The third-order valence-electron chi connectivity index (χ3n) is 10.3. The molecule has 0 aliphatic carbocycles. The molecular weight excluding hydrogens is 627 g/mol. The van der Waals surface area contributed by atoms with E-state index >= 15 is 0 Å². The Hall–Kier alpha value is -7.05. The van der Waals surface area contributed by atoms with Crippen molar-refractivity contribution in [3.8, 4) is 17.3 Å². The van der Waals surface area contributed by atoms with E-state index in [1.54, 1.807) is 10.8 Å². The van der Waals surface area contributed by atoms with E-state index in [-0.39, 0.29) is 5.56 Å². The Labute approximate surface area is 290 Å². The smallest absolute Gasteiger partial charge is 0.266 e. The van der Waals surface area contributed by atoms with Crippen LogP contribution >= 0.6 is 0 Å². The average molecular weight is 654 g/mol. The summed E-state index contributed by atoms with van der Waals surface area (Å²) in [5.41, 5.74) is 7.37. The Kier molecular flexibility index (Phi) is 5.72. The van der Waals surface area contributed by atoms with Crippen LogP contribution in [0, 0.1) is 0 Å². The third kappa shape index (κ3) is 3.84. The first-order valence-corrected chi connectivity index (χ1v) is 17.1. The van der Waals surface area contributed by atoms with Crippen molar-refractivity contribution >= 4 is 76.2 Å². The van der Waals surface area contributed by atoms with E-state index in [1.165, 1.54) is 16.2 Å².